The van der Waals surface area contributed by atoms with E-state index in [4.69, 9.17) is 13.9 Å². The van der Waals surface area contributed by atoms with E-state index >= 15 is 0 Å². The van der Waals surface area contributed by atoms with Crippen LogP contribution in [0.25, 0.3) is 43.8 Å². The molecule has 0 bridgehead atoms. The molecular formula is C34H34O8. The van der Waals surface area contributed by atoms with Gasteiger partial charge in [-0.25, -0.2) is 0 Å². The van der Waals surface area contributed by atoms with Crippen LogP contribution in [0.3, 0.4) is 0 Å². The molecule has 7 rings (SSSR count). The lowest BCUT2D eigenvalue weighted by Crippen LogP contribution is -2.59. The molecule has 0 spiro atoms. The Labute approximate surface area is 242 Å². The van der Waals surface area contributed by atoms with Gasteiger partial charge in [-0.2, -0.15) is 0 Å². The van der Waals surface area contributed by atoms with E-state index in [2.05, 4.69) is 6.07 Å². The number of aliphatic hydroxyl groups is 4. The Morgan fingerprint density at radius 2 is 1.45 bits per heavy atom. The van der Waals surface area contributed by atoms with E-state index in [1.807, 2.05) is 48.5 Å². The second-order valence-electron chi connectivity index (χ2n) is 11.6. The number of ether oxygens (including phenoxy) is 2. The Hall–Kier alpha value is -3.53. The van der Waals surface area contributed by atoms with Crippen molar-refractivity contribution in [3.8, 4) is 17.1 Å². The number of benzene rings is 4. The normalized spacial score (nSPS) is 25.5. The molecule has 5 atom stereocenters. The van der Waals surface area contributed by atoms with E-state index in [1.165, 1.54) is 12.0 Å². The van der Waals surface area contributed by atoms with E-state index in [9.17, 15) is 25.2 Å². The fourth-order valence-corrected chi connectivity index (χ4v) is 7.00. The molecule has 218 valence electrons. The topological polar surface area (TPSA) is 130 Å². The van der Waals surface area contributed by atoms with Crippen LogP contribution in [-0.4, -0.2) is 64.2 Å². The third kappa shape index (κ3) is 4.46. The number of hydrogen-bond acceptors (Lipinski definition) is 8. The van der Waals surface area contributed by atoms with Crippen LogP contribution in [0.15, 0.2) is 69.9 Å². The molecule has 2 heterocycles. The van der Waals surface area contributed by atoms with Crippen LogP contribution >= 0.6 is 0 Å². The maximum atomic E-state index is 13.1. The first-order valence-electron chi connectivity index (χ1n) is 14.7. The second kappa shape index (κ2) is 10.9. The zero-order valence-electron chi connectivity index (χ0n) is 23.1. The summed E-state index contributed by atoms with van der Waals surface area (Å²) in [6.07, 6.45) is -0.669. The summed E-state index contributed by atoms with van der Waals surface area (Å²) in [4.78, 5) is 13.1. The summed E-state index contributed by atoms with van der Waals surface area (Å²) in [7, 11) is 0. The van der Waals surface area contributed by atoms with Crippen molar-refractivity contribution in [3.63, 3.8) is 0 Å². The lowest BCUT2D eigenvalue weighted by molar-refractivity contribution is -0.234. The van der Waals surface area contributed by atoms with Gasteiger partial charge in [0.1, 0.15) is 54.2 Å². The predicted octanol–water partition coefficient (Wildman–Crippen LogP) is 4.47. The van der Waals surface area contributed by atoms with E-state index in [1.54, 1.807) is 6.07 Å². The van der Waals surface area contributed by atoms with Crippen LogP contribution in [0.4, 0.5) is 0 Å². The maximum absolute atomic E-state index is 13.1. The Morgan fingerprint density at radius 1 is 0.786 bits per heavy atom. The SMILES string of the molecule is O=c1cc2oc3cc(OC[C@@H]4OC(CO)[C@H](O)[C@@H](O)C4O)c4ccccc4c3c(C3CCCCC3)c-2c2ccccc12. The largest absolute Gasteiger partial charge is 0.490 e. The molecule has 8 heteroatoms. The average molecular weight is 571 g/mol. The Bertz CT molecular complexity index is 1790. The van der Waals surface area contributed by atoms with Gasteiger partial charge in [0.2, 0.25) is 0 Å². The molecule has 42 heavy (non-hydrogen) atoms. The average Bonchev–Trinajstić information content (AvgIpc) is 3.03. The van der Waals surface area contributed by atoms with Crippen molar-refractivity contribution in [3.05, 3.63) is 76.5 Å². The van der Waals surface area contributed by atoms with Crippen LogP contribution in [0.2, 0.25) is 0 Å². The number of rotatable bonds is 5. The lowest BCUT2D eigenvalue weighted by atomic mass is 9.78. The van der Waals surface area contributed by atoms with Crippen LogP contribution in [-0.2, 0) is 4.74 Å². The van der Waals surface area contributed by atoms with Crippen molar-refractivity contribution in [2.75, 3.05) is 13.2 Å². The zero-order chi connectivity index (χ0) is 29.0. The Balaban J connectivity index is 1.42. The van der Waals surface area contributed by atoms with Gasteiger partial charge in [0.05, 0.1) is 6.61 Å². The van der Waals surface area contributed by atoms with E-state index in [0.717, 1.165) is 52.8 Å². The number of aliphatic hydroxyl groups excluding tert-OH is 4. The van der Waals surface area contributed by atoms with Crippen molar-refractivity contribution in [1.29, 1.82) is 0 Å². The van der Waals surface area contributed by atoms with Crippen molar-refractivity contribution < 1.29 is 34.3 Å². The summed E-state index contributed by atoms with van der Waals surface area (Å²) in [5, 5.41) is 44.9. The van der Waals surface area contributed by atoms with Gasteiger partial charge in [0, 0.05) is 33.9 Å². The highest BCUT2D eigenvalue weighted by atomic mass is 16.6. The van der Waals surface area contributed by atoms with Crippen molar-refractivity contribution in [1.82, 2.24) is 0 Å². The van der Waals surface area contributed by atoms with Crippen molar-refractivity contribution in [2.45, 2.75) is 68.5 Å². The highest BCUT2D eigenvalue weighted by Gasteiger charge is 2.43. The molecule has 0 radical (unpaired) electrons. The van der Waals surface area contributed by atoms with Gasteiger partial charge >= 0.3 is 0 Å². The van der Waals surface area contributed by atoms with Crippen LogP contribution in [0.1, 0.15) is 43.6 Å². The Kier molecular flexibility index (Phi) is 7.12. The summed E-state index contributed by atoms with van der Waals surface area (Å²) in [6.45, 7) is -0.637. The minimum Gasteiger partial charge on any atom is -0.490 e. The van der Waals surface area contributed by atoms with Gasteiger partial charge in [-0.3, -0.25) is 4.79 Å². The minimum absolute atomic E-state index is 0.0873. The van der Waals surface area contributed by atoms with Crippen LogP contribution in [0, 0.1) is 0 Å². The molecule has 3 aromatic carbocycles. The number of hydrogen-bond donors (Lipinski definition) is 4. The molecule has 4 aliphatic rings. The standard InChI is InChI=1S/C34H34O8/c35-16-27-32(37)34(39)33(38)28(42-27)17-40-24-15-26-31(22-13-7-5-11-20(22)24)29(18-8-2-1-3-9-18)30-21-12-6-4-10-19(21)23(36)14-25(30)41-26/h4-7,10-15,18,27-28,32-35,37-39H,1-3,8-9,16-17H2/t27?,28-,32-,33?,34+/m0/s1. The monoisotopic (exact) mass is 570 g/mol. The summed E-state index contributed by atoms with van der Waals surface area (Å²) in [5.74, 6) is 1.35. The van der Waals surface area contributed by atoms with Gasteiger partial charge in [0.15, 0.2) is 5.43 Å². The molecule has 0 aromatic heterocycles. The fraction of sp³-hybridized carbons (Fsp3) is 0.382. The smallest absolute Gasteiger partial charge is 0.190 e. The van der Waals surface area contributed by atoms with Crippen LogP contribution in [0.5, 0.6) is 5.75 Å². The molecule has 3 aromatic rings. The predicted molar refractivity (Wildman–Crippen MR) is 159 cm³/mol. The van der Waals surface area contributed by atoms with E-state index in [0.29, 0.717) is 28.4 Å². The first kappa shape index (κ1) is 27.3. The van der Waals surface area contributed by atoms with Gasteiger partial charge in [0.25, 0.3) is 0 Å². The molecule has 1 saturated carbocycles. The summed E-state index contributed by atoms with van der Waals surface area (Å²) in [5.41, 5.74) is 2.71. The summed E-state index contributed by atoms with van der Waals surface area (Å²) in [6, 6.07) is 19.1. The van der Waals surface area contributed by atoms with Crippen LogP contribution < -0.4 is 10.2 Å². The molecule has 8 nitrogen and oxygen atoms in total. The molecule has 2 unspecified atom stereocenters. The molecule has 2 aliphatic heterocycles. The first-order chi connectivity index (χ1) is 20.5. The fourth-order valence-electron chi connectivity index (χ4n) is 7.00. The highest BCUT2D eigenvalue weighted by molar-refractivity contribution is 6.14. The molecule has 2 fully saturated rings. The summed E-state index contributed by atoms with van der Waals surface area (Å²) < 4.78 is 18.4. The summed E-state index contributed by atoms with van der Waals surface area (Å²) >= 11 is 0. The lowest BCUT2D eigenvalue weighted by Gasteiger charge is -2.39. The molecular weight excluding hydrogens is 536 g/mol. The molecule has 2 aliphatic carbocycles. The van der Waals surface area contributed by atoms with Crippen molar-refractivity contribution >= 4 is 32.5 Å². The van der Waals surface area contributed by atoms with Crippen molar-refractivity contribution in [2.24, 2.45) is 0 Å². The third-order valence-corrected chi connectivity index (χ3v) is 9.11. The van der Waals surface area contributed by atoms with E-state index in [-0.39, 0.29) is 12.0 Å². The van der Waals surface area contributed by atoms with Gasteiger partial charge < -0.3 is 34.3 Å². The van der Waals surface area contributed by atoms with Gasteiger partial charge in [-0.15, -0.1) is 0 Å². The zero-order valence-corrected chi connectivity index (χ0v) is 23.1. The molecule has 0 amide bonds. The van der Waals surface area contributed by atoms with E-state index < -0.39 is 37.1 Å². The Morgan fingerprint density at radius 3 is 2.19 bits per heavy atom. The van der Waals surface area contributed by atoms with Gasteiger partial charge in [-0.05, 0) is 35.1 Å². The second-order valence-corrected chi connectivity index (χ2v) is 11.6. The number of fused-ring (bicyclic) bond motifs is 6. The maximum Gasteiger partial charge on any atom is 0.190 e. The quantitative estimate of drug-likeness (QED) is 0.180. The van der Waals surface area contributed by atoms with Gasteiger partial charge in [-0.1, -0.05) is 67.8 Å². The minimum atomic E-state index is -1.48. The third-order valence-electron chi connectivity index (χ3n) is 9.11. The highest BCUT2D eigenvalue weighted by Crippen LogP contribution is 2.48. The molecule has 4 N–H and O–H groups in total. The molecule has 1 saturated heterocycles. The first-order valence-corrected chi connectivity index (χ1v) is 14.7.